The maximum Gasteiger partial charge on any atom is 0.273 e. The van der Waals surface area contributed by atoms with Crippen molar-refractivity contribution < 1.29 is 4.79 Å². The summed E-state index contributed by atoms with van der Waals surface area (Å²) in [5, 5.41) is 3.14. The molecule has 0 bridgehead atoms. The Morgan fingerprint density at radius 1 is 1.32 bits per heavy atom. The molecule has 5 nitrogen and oxygen atoms in total. The van der Waals surface area contributed by atoms with Crippen molar-refractivity contribution >= 4 is 28.8 Å². The average Bonchev–Trinajstić information content (AvgIpc) is 3.11. The number of carbonyl (C=O) groups excluding carboxylic acids is 1. The molecule has 0 aliphatic carbocycles. The summed E-state index contributed by atoms with van der Waals surface area (Å²) in [4.78, 5) is 33.5. The van der Waals surface area contributed by atoms with Gasteiger partial charge < -0.3 is 9.88 Å². The average molecular weight is 372 g/mol. The van der Waals surface area contributed by atoms with Gasteiger partial charge in [-0.1, -0.05) is 23.7 Å². The normalized spacial score (nSPS) is 13.6. The van der Waals surface area contributed by atoms with Crippen LogP contribution in [0.4, 0.5) is 0 Å². The molecular formula is C18H14ClN3O2S. The first kappa shape index (κ1) is 16.1. The summed E-state index contributed by atoms with van der Waals surface area (Å²) in [6, 6.07) is 9.29. The molecule has 3 aromatic rings. The third kappa shape index (κ3) is 3.10. The van der Waals surface area contributed by atoms with Crippen LogP contribution in [-0.4, -0.2) is 27.3 Å². The highest BCUT2D eigenvalue weighted by Crippen LogP contribution is 2.27. The van der Waals surface area contributed by atoms with Gasteiger partial charge in [-0.2, -0.15) is 0 Å². The van der Waals surface area contributed by atoms with E-state index in [1.54, 1.807) is 22.5 Å². The van der Waals surface area contributed by atoms with Crippen LogP contribution in [0, 0.1) is 0 Å². The van der Waals surface area contributed by atoms with E-state index in [0.717, 1.165) is 16.1 Å². The maximum atomic E-state index is 12.8. The molecule has 0 spiro atoms. The van der Waals surface area contributed by atoms with E-state index in [2.05, 4.69) is 9.97 Å². The molecule has 1 aliphatic heterocycles. The fourth-order valence-corrected chi connectivity index (χ4v) is 3.93. The standard InChI is InChI=1S/C18H14ClN3O2S/c19-13-3-1-2-12(8-13)17-21-15(10-25-17)18(24)22-7-5-11-4-6-20-16(23)14(11)9-22/h1-4,6,8,10H,5,7,9H2,(H,20,23). The summed E-state index contributed by atoms with van der Waals surface area (Å²) < 4.78 is 0. The van der Waals surface area contributed by atoms with Crippen molar-refractivity contribution in [2.75, 3.05) is 6.54 Å². The first-order chi connectivity index (χ1) is 12.1. The van der Waals surface area contributed by atoms with E-state index in [-0.39, 0.29) is 11.5 Å². The lowest BCUT2D eigenvalue weighted by atomic mass is 10.0. The van der Waals surface area contributed by atoms with Crippen molar-refractivity contribution in [1.29, 1.82) is 0 Å². The molecule has 0 saturated heterocycles. The van der Waals surface area contributed by atoms with Crippen LogP contribution in [0.1, 0.15) is 21.6 Å². The van der Waals surface area contributed by atoms with Gasteiger partial charge in [-0.15, -0.1) is 11.3 Å². The highest BCUT2D eigenvalue weighted by molar-refractivity contribution is 7.13. The van der Waals surface area contributed by atoms with Crippen LogP contribution < -0.4 is 5.56 Å². The number of nitrogens with zero attached hydrogens (tertiary/aromatic N) is 2. The van der Waals surface area contributed by atoms with Crippen molar-refractivity contribution in [2.45, 2.75) is 13.0 Å². The Kier molecular flexibility index (Phi) is 4.15. The van der Waals surface area contributed by atoms with Gasteiger partial charge in [0.2, 0.25) is 0 Å². The van der Waals surface area contributed by atoms with E-state index >= 15 is 0 Å². The van der Waals surface area contributed by atoms with Gasteiger partial charge in [0, 0.05) is 34.3 Å². The number of carbonyl (C=O) groups is 1. The summed E-state index contributed by atoms with van der Waals surface area (Å²) in [6.45, 7) is 0.897. The monoisotopic (exact) mass is 371 g/mol. The second-order valence-electron chi connectivity index (χ2n) is 5.84. The molecule has 126 valence electrons. The Balaban J connectivity index is 1.58. The van der Waals surface area contributed by atoms with Crippen LogP contribution in [0.15, 0.2) is 46.7 Å². The minimum atomic E-state index is -0.154. The number of fused-ring (bicyclic) bond motifs is 1. The molecule has 7 heteroatoms. The zero-order valence-electron chi connectivity index (χ0n) is 13.2. The van der Waals surface area contributed by atoms with Crippen molar-refractivity contribution in [2.24, 2.45) is 0 Å². The fraction of sp³-hybridized carbons (Fsp3) is 0.167. The molecule has 0 saturated carbocycles. The van der Waals surface area contributed by atoms with Crippen LogP contribution in [0.5, 0.6) is 0 Å². The number of hydrogen-bond donors (Lipinski definition) is 1. The zero-order valence-corrected chi connectivity index (χ0v) is 14.7. The molecule has 1 aromatic carbocycles. The molecule has 1 N–H and O–H groups in total. The molecule has 0 fully saturated rings. The SMILES string of the molecule is O=C(c1csc(-c2cccc(Cl)c2)n1)N1CCc2cc[nH]c(=O)c2C1. The van der Waals surface area contributed by atoms with Gasteiger partial charge in [-0.3, -0.25) is 9.59 Å². The van der Waals surface area contributed by atoms with E-state index in [0.29, 0.717) is 35.8 Å². The van der Waals surface area contributed by atoms with Crippen molar-refractivity contribution in [3.05, 3.63) is 74.1 Å². The van der Waals surface area contributed by atoms with E-state index in [1.807, 2.05) is 24.3 Å². The van der Waals surface area contributed by atoms with Gasteiger partial charge in [0.05, 0.1) is 6.54 Å². The predicted octanol–water partition coefficient (Wildman–Crippen LogP) is 3.35. The summed E-state index contributed by atoms with van der Waals surface area (Å²) in [7, 11) is 0. The molecule has 0 atom stereocenters. The van der Waals surface area contributed by atoms with Crippen LogP contribution in [0.2, 0.25) is 5.02 Å². The number of benzene rings is 1. The number of nitrogens with one attached hydrogen (secondary N) is 1. The number of rotatable bonds is 2. The largest absolute Gasteiger partial charge is 0.332 e. The second-order valence-corrected chi connectivity index (χ2v) is 7.13. The Morgan fingerprint density at radius 2 is 2.20 bits per heavy atom. The minimum absolute atomic E-state index is 0.132. The quantitative estimate of drug-likeness (QED) is 0.751. The Labute approximate surface area is 152 Å². The van der Waals surface area contributed by atoms with Crippen LogP contribution in [-0.2, 0) is 13.0 Å². The number of amides is 1. The third-order valence-corrected chi connectivity index (χ3v) is 5.37. The number of pyridine rings is 1. The molecule has 25 heavy (non-hydrogen) atoms. The second kappa shape index (κ2) is 6.46. The van der Waals surface area contributed by atoms with Gasteiger partial charge in [0.1, 0.15) is 10.7 Å². The first-order valence-electron chi connectivity index (χ1n) is 7.82. The van der Waals surface area contributed by atoms with E-state index in [4.69, 9.17) is 11.6 Å². The zero-order chi connectivity index (χ0) is 17.4. The highest BCUT2D eigenvalue weighted by Gasteiger charge is 2.25. The molecule has 1 amide bonds. The lowest BCUT2D eigenvalue weighted by Gasteiger charge is -2.27. The molecule has 1 aliphatic rings. The number of halogens is 1. The first-order valence-corrected chi connectivity index (χ1v) is 9.08. The molecule has 0 unspecified atom stereocenters. The lowest BCUT2D eigenvalue weighted by Crippen LogP contribution is -2.38. The lowest BCUT2D eigenvalue weighted by molar-refractivity contribution is 0.0729. The van der Waals surface area contributed by atoms with Crippen molar-refractivity contribution in [3.63, 3.8) is 0 Å². The Hall–Kier alpha value is -2.44. The minimum Gasteiger partial charge on any atom is -0.332 e. The smallest absolute Gasteiger partial charge is 0.273 e. The predicted molar refractivity (Wildman–Crippen MR) is 98.1 cm³/mol. The summed E-state index contributed by atoms with van der Waals surface area (Å²) in [6.07, 6.45) is 2.33. The van der Waals surface area contributed by atoms with E-state index < -0.39 is 0 Å². The molecule has 2 aromatic heterocycles. The molecule has 3 heterocycles. The molecule has 0 radical (unpaired) electrons. The number of aromatic amines is 1. The summed E-state index contributed by atoms with van der Waals surface area (Å²) in [5.74, 6) is -0.154. The van der Waals surface area contributed by atoms with Gasteiger partial charge in [-0.25, -0.2) is 4.98 Å². The third-order valence-electron chi connectivity index (χ3n) is 4.24. The van der Waals surface area contributed by atoms with Crippen LogP contribution in [0.3, 0.4) is 0 Å². The summed E-state index contributed by atoms with van der Waals surface area (Å²) >= 11 is 7.42. The van der Waals surface area contributed by atoms with Gasteiger partial charge in [0.15, 0.2) is 0 Å². The topological polar surface area (TPSA) is 66.1 Å². The van der Waals surface area contributed by atoms with Crippen LogP contribution >= 0.6 is 22.9 Å². The van der Waals surface area contributed by atoms with E-state index in [9.17, 15) is 9.59 Å². The number of aromatic nitrogens is 2. The fourth-order valence-electron chi connectivity index (χ4n) is 2.95. The Bertz CT molecular complexity index is 1010. The number of thiazole rings is 1. The maximum absolute atomic E-state index is 12.8. The van der Waals surface area contributed by atoms with Crippen molar-refractivity contribution in [3.8, 4) is 10.6 Å². The highest BCUT2D eigenvalue weighted by atomic mass is 35.5. The number of hydrogen-bond acceptors (Lipinski definition) is 4. The number of H-pyrrole nitrogens is 1. The van der Waals surface area contributed by atoms with Crippen molar-refractivity contribution in [1.82, 2.24) is 14.9 Å². The molecular weight excluding hydrogens is 358 g/mol. The van der Waals surface area contributed by atoms with Gasteiger partial charge >= 0.3 is 0 Å². The molecule has 4 rings (SSSR count). The van der Waals surface area contributed by atoms with Gasteiger partial charge in [0.25, 0.3) is 11.5 Å². The van der Waals surface area contributed by atoms with Crippen LogP contribution in [0.25, 0.3) is 10.6 Å². The Morgan fingerprint density at radius 3 is 3.04 bits per heavy atom. The van der Waals surface area contributed by atoms with E-state index in [1.165, 1.54) is 11.3 Å². The summed E-state index contributed by atoms with van der Waals surface area (Å²) in [5.41, 5.74) is 2.82. The van der Waals surface area contributed by atoms with Gasteiger partial charge in [-0.05, 0) is 30.2 Å².